The number of benzene rings is 3. The van der Waals surface area contributed by atoms with E-state index in [0.717, 1.165) is 17.9 Å². The lowest BCUT2D eigenvalue weighted by Gasteiger charge is -2.13. The molecule has 3 aromatic carbocycles. The molecule has 0 atom stereocenters. The van der Waals surface area contributed by atoms with Gasteiger partial charge < -0.3 is 20.1 Å². The van der Waals surface area contributed by atoms with Crippen molar-refractivity contribution >= 4 is 17.3 Å². The maximum atomic E-state index is 12.3. The van der Waals surface area contributed by atoms with Crippen LogP contribution in [-0.4, -0.2) is 25.7 Å². The number of carbonyl (C=O) groups excluding carboxylic acids is 1. The third-order valence-electron chi connectivity index (χ3n) is 4.31. The molecule has 0 radical (unpaired) electrons. The molecule has 0 saturated carbocycles. The topological polar surface area (TPSA) is 59.6 Å². The first-order valence-corrected chi connectivity index (χ1v) is 9.88. The SMILES string of the molecule is C=CCOc1ccccc1NC(=O)CNc1cccc(OCCc2ccccc2)c1. The van der Waals surface area contributed by atoms with Crippen molar-refractivity contribution in [2.75, 3.05) is 30.4 Å². The molecule has 0 unspecified atom stereocenters. The highest BCUT2D eigenvalue weighted by atomic mass is 16.5. The molecule has 30 heavy (non-hydrogen) atoms. The number of anilines is 2. The second kappa shape index (κ2) is 11.3. The molecule has 3 rings (SSSR count). The molecule has 0 aromatic heterocycles. The minimum Gasteiger partial charge on any atom is -0.493 e. The summed E-state index contributed by atoms with van der Waals surface area (Å²) < 4.78 is 11.4. The third kappa shape index (κ3) is 6.71. The second-order valence-corrected chi connectivity index (χ2v) is 6.61. The van der Waals surface area contributed by atoms with Gasteiger partial charge in [0.05, 0.1) is 18.8 Å². The van der Waals surface area contributed by atoms with Gasteiger partial charge in [-0.2, -0.15) is 0 Å². The van der Waals surface area contributed by atoms with Crippen molar-refractivity contribution in [3.8, 4) is 11.5 Å². The summed E-state index contributed by atoms with van der Waals surface area (Å²) in [6, 6.07) is 25.1. The zero-order chi connectivity index (χ0) is 21.0. The van der Waals surface area contributed by atoms with Gasteiger partial charge in [0.1, 0.15) is 18.1 Å². The summed E-state index contributed by atoms with van der Waals surface area (Å²) in [5.74, 6) is 1.21. The molecular weight excluding hydrogens is 376 g/mol. The average Bonchev–Trinajstić information content (AvgIpc) is 2.78. The Kier molecular flexibility index (Phi) is 7.92. The molecule has 0 aliphatic heterocycles. The lowest BCUT2D eigenvalue weighted by molar-refractivity contribution is -0.114. The Hall–Kier alpha value is -3.73. The number of para-hydroxylation sites is 2. The molecule has 5 heteroatoms. The van der Waals surface area contributed by atoms with E-state index in [9.17, 15) is 4.79 Å². The second-order valence-electron chi connectivity index (χ2n) is 6.61. The minimum absolute atomic E-state index is 0.128. The molecule has 0 bridgehead atoms. The van der Waals surface area contributed by atoms with Crippen LogP contribution in [0.3, 0.4) is 0 Å². The summed E-state index contributed by atoms with van der Waals surface area (Å²) in [6.45, 7) is 4.74. The van der Waals surface area contributed by atoms with E-state index in [1.165, 1.54) is 5.56 Å². The van der Waals surface area contributed by atoms with Crippen LogP contribution in [0, 0.1) is 0 Å². The molecule has 3 aromatic rings. The first kappa shape index (κ1) is 21.0. The fourth-order valence-electron chi connectivity index (χ4n) is 2.85. The molecule has 0 heterocycles. The van der Waals surface area contributed by atoms with Gasteiger partial charge in [0.2, 0.25) is 5.91 Å². The van der Waals surface area contributed by atoms with Crippen molar-refractivity contribution in [3.05, 3.63) is 97.1 Å². The van der Waals surface area contributed by atoms with Crippen molar-refractivity contribution in [1.29, 1.82) is 0 Å². The largest absolute Gasteiger partial charge is 0.493 e. The van der Waals surface area contributed by atoms with Gasteiger partial charge in [-0.25, -0.2) is 0 Å². The van der Waals surface area contributed by atoms with Crippen molar-refractivity contribution < 1.29 is 14.3 Å². The Morgan fingerprint density at radius 2 is 1.73 bits per heavy atom. The van der Waals surface area contributed by atoms with Crippen molar-refractivity contribution in [1.82, 2.24) is 0 Å². The van der Waals surface area contributed by atoms with Crippen LogP contribution < -0.4 is 20.1 Å². The van der Waals surface area contributed by atoms with E-state index >= 15 is 0 Å². The number of ether oxygens (including phenoxy) is 2. The predicted octanol–water partition coefficient (Wildman–Crippen LogP) is 4.92. The van der Waals surface area contributed by atoms with E-state index in [4.69, 9.17) is 9.47 Å². The Bertz CT molecular complexity index is 957. The zero-order valence-corrected chi connectivity index (χ0v) is 16.8. The lowest BCUT2D eigenvalue weighted by atomic mass is 10.2. The van der Waals surface area contributed by atoms with E-state index < -0.39 is 0 Å². The monoisotopic (exact) mass is 402 g/mol. The number of amides is 1. The molecule has 154 valence electrons. The van der Waals surface area contributed by atoms with Crippen LogP contribution in [0.2, 0.25) is 0 Å². The summed E-state index contributed by atoms with van der Waals surface area (Å²) in [5.41, 5.74) is 2.68. The van der Waals surface area contributed by atoms with Crippen molar-refractivity contribution in [2.45, 2.75) is 6.42 Å². The van der Waals surface area contributed by atoms with Crippen molar-refractivity contribution in [2.24, 2.45) is 0 Å². The van der Waals surface area contributed by atoms with Crippen LogP contribution >= 0.6 is 0 Å². The maximum absolute atomic E-state index is 12.3. The predicted molar refractivity (Wildman–Crippen MR) is 121 cm³/mol. The molecular formula is C25H26N2O3. The van der Waals surface area contributed by atoms with Crippen LogP contribution in [0.5, 0.6) is 11.5 Å². The first-order chi connectivity index (χ1) is 14.7. The van der Waals surface area contributed by atoms with Crippen LogP contribution in [0.15, 0.2) is 91.5 Å². The Balaban J connectivity index is 1.48. The van der Waals surface area contributed by atoms with Crippen LogP contribution in [0.1, 0.15) is 5.56 Å². The summed E-state index contributed by atoms with van der Waals surface area (Å²) in [5, 5.41) is 5.99. The van der Waals surface area contributed by atoms with Gasteiger partial charge >= 0.3 is 0 Å². The first-order valence-electron chi connectivity index (χ1n) is 9.88. The van der Waals surface area contributed by atoms with Gasteiger partial charge in [-0.15, -0.1) is 0 Å². The Labute approximate surface area is 177 Å². The summed E-state index contributed by atoms with van der Waals surface area (Å²) in [4.78, 5) is 12.3. The Morgan fingerprint density at radius 3 is 2.57 bits per heavy atom. The maximum Gasteiger partial charge on any atom is 0.243 e. The van der Waals surface area contributed by atoms with Crippen LogP contribution in [0.4, 0.5) is 11.4 Å². The van der Waals surface area contributed by atoms with E-state index in [2.05, 4.69) is 29.3 Å². The van der Waals surface area contributed by atoms with Crippen molar-refractivity contribution in [3.63, 3.8) is 0 Å². The van der Waals surface area contributed by atoms with Crippen LogP contribution in [-0.2, 0) is 11.2 Å². The molecule has 5 nitrogen and oxygen atoms in total. The molecule has 0 aliphatic rings. The van der Waals surface area contributed by atoms with E-state index in [1.54, 1.807) is 12.1 Å². The highest BCUT2D eigenvalue weighted by molar-refractivity contribution is 5.95. The summed E-state index contributed by atoms with van der Waals surface area (Å²) in [6.07, 6.45) is 2.50. The number of hydrogen-bond donors (Lipinski definition) is 2. The van der Waals surface area contributed by atoms with Gasteiger partial charge in [-0.3, -0.25) is 4.79 Å². The van der Waals surface area contributed by atoms with E-state index in [-0.39, 0.29) is 12.5 Å². The van der Waals surface area contributed by atoms with E-state index in [0.29, 0.717) is 24.7 Å². The minimum atomic E-state index is -0.167. The molecule has 0 fully saturated rings. The molecule has 0 saturated heterocycles. The fourth-order valence-corrected chi connectivity index (χ4v) is 2.85. The highest BCUT2D eigenvalue weighted by Crippen LogP contribution is 2.24. The smallest absolute Gasteiger partial charge is 0.243 e. The zero-order valence-electron chi connectivity index (χ0n) is 16.8. The number of hydrogen-bond acceptors (Lipinski definition) is 4. The summed E-state index contributed by atoms with van der Waals surface area (Å²) >= 11 is 0. The normalized spacial score (nSPS) is 10.1. The quantitative estimate of drug-likeness (QED) is 0.447. The van der Waals surface area contributed by atoms with Gasteiger partial charge in [-0.1, -0.05) is 61.2 Å². The van der Waals surface area contributed by atoms with Gasteiger partial charge in [0.25, 0.3) is 0 Å². The number of nitrogens with one attached hydrogen (secondary N) is 2. The Morgan fingerprint density at radius 1 is 0.933 bits per heavy atom. The van der Waals surface area contributed by atoms with Gasteiger partial charge in [0, 0.05) is 18.2 Å². The van der Waals surface area contributed by atoms with E-state index in [1.807, 2.05) is 60.7 Å². The number of carbonyl (C=O) groups is 1. The standard InChI is InChI=1S/C25H26N2O3/c1-2-16-30-24-14-7-6-13-23(24)27-25(28)19-26-21-11-8-12-22(18-21)29-17-15-20-9-4-3-5-10-20/h2-14,18,26H,1,15-17,19H2,(H,27,28). The van der Waals surface area contributed by atoms with Crippen LogP contribution in [0.25, 0.3) is 0 Å². The third-order valence-corrected chi connectivity index (χ3v) is 4.31. The number of rotatable bonds is 11. The lowest BCUT2D eigenvalue weighted by Crippen LogP contribution is -2.22. The molecule has 0 aliphatic carbocycles. The van der Waals surface area contributed by atoms with Gasteiger partial charge in [-0.05, 0) is 29.8 Å². The molecule has 2 N–H and O–H groups in total. The summed E-state index contributed by atoms with van der Waals surface area (Å²) in [7, 11) is 0. The fraction of sp³-hybridized carbons (Fsp3) is 0.160. The average molecular weight is 402 g/mol. The molecule has 0 spiro atoms. The highest BCUT2D eigenvalue weighted by Gasteiger charge is 2.07. The molecule has 1 amide bonds. The van der Waals surface area contributed by atoms with Gasteiger partial charge in [0.15, 0.2) is 0 Å².